The van der Waals surface area contributed by atoms with Gasteiger partial charge in [-0.1, -0.05) is 48.0 Å². The van der Waals surface area contributed by atoms with Crippen LogP contribution in [0.25, 0.3) is 0 Å². The molecule has 3 nitrogen and oxygen atoms in total. The van der Waals surface area contributed by atoms with Crippen molar-refractivity contribution in [2.45, 2.75) is 50.1 Å². The van der Waals surface area contributed by atoms with Gasteiger partial charge in [0.2, 0.25) is 5.91 Å². The molecule has 1 fully saturated rings. The Bertz CT molecular complexity index is 815. The van der Waals surface area contributed by atoms with E-state index in [1.54, 1.807) is 0 Å². The van der Waals surface area contributed by atoms with E-state index < -0.39 is 0 Å². The molecule has 1 aliphatic heterocycles. The fourth-order valence-electron chi connectivity index (χ4n) is 4.65. The fraction of sp³-hybridized carbons (Fsp3) is 0.409. The van der Waals surface area contributed by atoms with E-state index in [2.05, 4.69) is 35.2 Å². The van der Waals surface area contributed by atoms with Crippen LogP contribution in [0.15, 0.2) is 48.5 Å². The number of hydrogen-bond donors (Lipinski definition) is 1. The molecule has 2 aliphatic rings. The minimum absolute atomic E-state index is 0. The Labute approximate surface area is 172 Å². The molecule has 5 heteroatoms. The van der Waals surface area contributed by atoms with Gasteiger partial charge in [-0.05, 0) is 54.5 Å². The number of carbonyl (C=O) groups is 1. The van der Waals surface area contributed by atoms with Crippen LogP contribution in [0.1, 0.15) is 42.4 Å². The number of benzene rings is 2. The van der Waals surface area contributed by atoms with E-state index in [-0.39, 0.29) is 23.7 Å². The fourth-order valence-corrected chi connectivity index (χ4v) is 4.84. The summed E-state index contributed by atoms with van der Waals surface area (Å²) in [6.07, 6.45) is 4.53. The minimum Gasteiger partial charge on any atom is -0.335 e. The number of carbonyl (C=O) groups excluding carboxylic acids is 1. The first-order valence-electron chi connectivity index (χ1n) is 9.44. The van der Waals surface area contributed by atoms with Crippen molar-refractivity contribution in [3.63, 3.8) is 0 Å². The molecule has 2 aromatic carbocycles. The lowest BCUT2D eigenvalue weighted by atomic mass is 9.68. The number of nitrogens with two attached hydrogens (primary N) is 1. The largest absolute Gasteiger partial charge is 0.335 e. The van der Waals surface area contributed by atoms with Crippen molar-refractivity contribution in [2.75, 3.05) is 6.54 Å². The van der Waals surface area contributed by atoms with Crippen molar-refractivity contribution in [1.82, 2.24) is 4.90 Å². The molecule has 1 saturated carbocycles. The quantitative estimate of drug-likeness (QED) is 0.818. The summed E-state index contributed by atoms with van der Waals surface area (Å²) >= 11 is 6.21. The standard InChI is InChI=1S/C22H25ClN2O.ClH/c23-19-7-3-6-18(13-19)22(15-24)10-8-20(9-11-22)25-14-17-5-2-1-4-16(17)12-21(25)26;/h1-7,13,20H,8-12,14-15,24H2;1H/t20-,22-;. The van der Waals surface area contributed by atoms with Crippen LogP contribution in [0.4, 0.5) is 0 Å². The molecule has 0 aromatic heterocycles. The van der Waals surface area contributed by atoms with Crippen molar-refractivity contribution < 1.29 is 4.79 Å². The van der Waals surface area contributed by atoms with Crippen LogP contribution >= 0.6 is 24.0 Å². The normalized spacial score (nSPS) is 24.9. The van der Waals surface area contributed by atoms with Gasteiger partial charge in [0, 0.05) is 29.6 Å². The van der Waals surface area contributed by atoms with E-state index >= 15 is 0 Å². The predicted octanol–water partition coefficient (Wildman–Crippen LogP) is 4.49. The van der Waals surface area contributed by atoms with Crippen molar-refractivity contribution in [2.24, 2.45) is 5.73 Å². The number of amides is 1. The highest BCUT2D eigenvalue weighted by Crippen LogP contribution is 2.41. The zero-order valence-electron chi connectivity index (χ0n) is 15.4. The van der Waals surface area contributed by atoms with Crippen LogP contribution in [0.5, 0.6) is 0 Å². The Hall–Kier alpha value is -1.55. The van der Waals surface area contributed by atoms with Gasteiger partial charge in [0.1, 0.15) is 0 Å². The highest BCUT2D eigenvalue weighted by molar-refractivity contribution is 6.30. The molecule has 0 atom stereocenters. The van der Waals surface area contributed by atoms with Crippen LogP contribution < -0.4 is 5.73 Å². The van der Waals surface area contributed by atoms with Gasteiger partial charge in [0.05, 0.1) is 6.42 Å². The minimum atomic E-state index is -0.0157. The Kier molecular flexibility index (Phi) is 6.15. The van der Waals surface area contributed by atoms with Gasteiger partial charge < -0.3 is 10.6 Å². The van der Waals surface area contributed by atoms with Crippen LogP contribution in [0.2, 0.25) is 5.02 Å². The highest BCUT2D eigenvalue weighted by Gasteiger charge is 2.39. The molecule has 27 heavy (non-hydrogen) atoms. The topological polar surface area (TPSA) is 46.3 Å². The van der Waals surface area contributed by atoms with E-state index in [9.17, 15) is 4.79 Å². The molecule has 2 aromatic rings. The third-order valence-electron chi connectivity index (χ3n) is 6.30. The van der Waals surface area contributed by atoms with E-state index in [1.165, 1.54) is 16.7 Å². The summed E-state index contributed by atoms with van der Waals surface area (Å²) in [7, 11) is 0. The zero-order valence-corrected chi connectivity index (χ0v) is 16.9. The molecule has 0 saturated heterocycles. The van der Waals surface area contributed by atoms with Gasteiger partial charge in [-0.3, -0.25) is 4.79 Å². The number of hydrogen-bond acceptors (Lipinski definition) is 2. The number of nitrogens with zero attached hydrogens (tertiary/aromatic N) is 1. The summed E-state index contributed by atoms with van der Waals surface area (Å²) in [5.41, 5.74) is 9.90. The van der Waals surface area contributed by atoms with Gasteiger partial charge in [-0.15, -0.1) is 12.4 Å². The molecule has 144 valence electrons. The van der Waals surface area contributed by atoms with Crippen molar-refractivity contribution >= 4 is 29.9 Å². The van der Waals surface area contributed by atoms with Crippen LogP contribution in [-0.2, 0) is 23.2 Å². The summed E-state index contributed by atoms with van der Waals surface area (Å²) in [4.78, 5) is 14.8. The van der Waals surface area contributed by atoms with Crippen LogP contribution in [-0.4, -0.2) is 23.4 Å². The van der Waals surface area contributed by atoms with Gasteiger partial charge >= 0.3 is 0 Å². The van der Waals surface area contributed by atoms with Gasteiger partial charge in [-0.25, -0.2) is 0 Å². The second-order valence-corrected chi connectivity index (χ2v) is 8.13. The summed E-state index contributed by atoms with van der Waals surface area (Å²) in [6, 6.07) is 16.7. The Balaban J connectivity index is 0.00000210. The summed E-state index contributed by atoms with van der Waals surface area (Å²) in [6.45, 7) is 1.36. The number of rotatable bonds is 3. The Morgan fingerprint density at radius 2 is 1.78 bits per heavy atom. The molecule has 0 spiro atoms. The van der Waals surface area contributed by atoms with E-state index in [4.69, 9.17) is 17.3 Å². The summed E-state index contributed by atoms with van der Waals surface area (Å²) in [5, 5.41) is 0.764. The van der Waals surface area contributed by atoms with Gasteiger partial charge in [0.25, 0.3) is 0 Å². The van der Waals surface area contributed by atoms with E-state index in [1.807, 2.05) is 18.2 Å². The molecule has 0 radical (unpaired) electrons. The van der Waals surface area contributed by atoms with Crippen molar-refractivity contribution in [3.8, 4) is 0 Å². The lowest BCUT2D eigenvalue weighted by Crippen LogP contribution is -2.49. The van der Waals surface area contributed by atoms with E-state index in [0.717, 1.165) is 37.3 Å². The van der Waals surface area contributed by atoms with E-state index in [0.29, 0.717) is 19.0 Å². The molecule has 1 heterocycles. The smallest absolute Gasteiger partial charge is 0.227 e. The third kappa shape index (κ3) is 3.87. The molecular formula is C22H26Cl2N2O. The van der Waals surface area contributed by atoms with Crippen molar-refractivity contribution in [3.05, 3.63) is 70.2 Å². The SMILES string of the molecule is Cl.NC[C@]1(c2cccc(Cl)c2)CC[C@H](N2Cc3ccccc3CC2=O)CC1. The maximum atomic E-state index is 12.7. The zero-order chi connectivity index (χ0) is 18.1. The Morgan fingerprint density at radius 1 is 1.07 bits per heavy atom. The van der Waals surface area contributed by atoms with Crippen LogP contribution in [0, 0.1) is 0 Å². The molecule has 1 amide bonds. The second-order valence-electron chi connectivity index (χ2n) is 7.69. The highest BCUT2D eigenvalue weighted by atomic mass is 35.5. The first-order valence-corrected chi connectivity index (χ1v) is 9.81. The average Bonchev–Trinajstić information content (AvgIpc) is 2.67. The lowest BCUT2D eigenvalue weighted by molar-refractivity contribution is -0.135. The molecule has 0 unspecified atom stereocenters. The molecule has 0 bridgehead atoms. The molecular weight excluding hydrogens is 379 g/mol. The molecule has 2 N–H and O–H groups in total. The van der Waals surface area contributed by atoms with Crippen LogP contribution in [0.3, 0.4) is 0 Å². The second kappa shape index (κ2) is 8.22. The van der Waals surface area contributed by atoms with Gasteiger partial charge in [-0.2, -0.15) is 0 Å². The number of fused-ring (bicyclic) bond motifs is 1. The first-order chi connectivity index (χ1) is 12.6. The summed E-state index contributed by atoms with van der Waals surface area (Å²) in [5.74, 6) is 0.261. The number of halogens is 2. The lowest BCUT2D eigenvalue weighted by Gasteiger charge is -2.44. The first kappa shape index (κ1) is 20.2. The maximum Gasteiger partial charge on any atom is 0.227 e. The third-order valence-corrected chi connectivity index (χ3v) is 6.54. The maximum absolute atomic E-state index is 12.7. The average molecular weight is 405 g/mol. The predicted molar refractivity (Wildman–Crippen MR) is 112 cm³/mol. The molecule has 4 rings (SSSR count). The molecule has 1 aliphatic carbocycles. The summed E-state index contributed by atoms with van der Waals surface area (Å²) < 4.78 is 0. The monoisotopic (exact) mass is 404 g/mol. The van der Waals surface area contributed by atoms with Gasteiger partial charge in [0.15, 0.2) is 0 Å². The van der Waals surface area contributed by atoms with Crippen molar-refractivity contribution in [1.29, 1.82) is 0 Å². The Morgan fingerprint density at radius 3 is 2.44 bits per heavy atom.